The van der Waals surface area contributed by atoms with Gasteiger partial charge in [-0.15, -0.1) is 10.2 Å². The Kier molecular flexibility index (Phi) is 8.47. The lowest BCUT2D eigenvalue weighted by atomic mass is 9.98. The predicted octanol–water partition coefficient (Wildman–Crippen LogP) is 6.45. The van der Waals surface area contributed by atoms with E-state index < -0.39 is 12.1 Å². The van der Waals surface area contributed by atoms with Gasteiger partial charge >= 0.3 is 6.03 Å². The zero-order valence-corrected chi connectivity index (χ0v) is 21.1. The number of benzene rings is 2. The van der Waals surface area contributed by atoms with Crippen LogP contribution >= 0.6 is 50.5 Å². The predicted molar refractivity (Wildman–Crippen MR) is 134 cm³/mol. The molecular formula is C21H20BrCl2N5O2S. The van der Waals surface area contributed by atoms with Gasteiger partial charge in [-0.2, -0.15) is 0 Å². The van der Waals surface area contributed by atoms with E-state index >= 15 is 0 Å². The quantitative estimate of drug-likeness (QED) is 0.311. The maximum Gasteiger partial charge on any atom is 0.319 e. The van der Waals surface area contributed by atoms with Crippen molar-refractivity contribution in [3.63, 3.8) is 0 Å². The Morgan fingerprint density at radius 2 is 1.91 bits per heavy atom. The normalized spacial score (nSPS) is 12.7. The fourth-order valence-corrected chi connectivity index (χ4v) is 4.39. The molecular weight excluding hydrogens is 537 g/mol. The first-order chi connectivity index (χ1) is 15.3. The van der Waals surface area contributed by atoms with E-state index in [1.165, 1.54) is 17.4 Å². The highest BCUT2D eigenvalue weighted by molar-refractivity contribution is 9.10. The molecule has 1 heterocycles. The van der Waals surface area contributed by atoms with Gasteiger partial charge in [-0.05, 0) is 36.2 Å². The number of urea groups is 1. The summed E-state index contributed by atoms with van der Waals surface area (Å²) in [4.78, 5) is 25.5. The Morgan fingerprint density at radius 1 is 1.12 bits per heavy atom. The van der Waals surface area contributed by atoms with Crippen LogP contribution in [0.5, 0.6) is 0 Å². The highest BCUT2D eigenvalue weighted by Gasteiger charge is 2.27. The summed E-state index contributed by atoms with van der Waals surface area (Å²) in [5.41, 5.74) is 1.27. The van der Waals surface area contributed by atoms with Gasteiger partial charge in [-0.3, -0.25) is 10.1 Å². The molecule has 0 fully saturated rings. The van der Waals surface area contributed by atoms with E-state index in [0.29, 0.717) is 32.3 Å². The molecule has 0 saturated carbocycles. The minimum absolute atomic E-state index is 0.126. The lowest BCUT2D eigenvalue weighted by Crippen LogP contribution is -2.49. The molecule has 2 aromatic carbocycles. The molecule has 3 N–H and O–H groups in total. The van der Waals surface area contributed by atoms with E-state index in [4.69, 9.17) is 23.2 Å². The van der Waals surface area contributed by atoms with Gasteiger partial charge in [0.25, 0.3) is 0 Å². The molecule has 3 aromatic rings. The summed E-state index contributed by atoms with van der Waals surface area (Å²) in [6.45, 7) is 3.82. The number of rotatable bonds is 7. The minimum atomic E-state index is -0.788. The Hall–Kier alpha value is -2.20. The molecule has 0 aliphatic heterocycles. The van der Waals surface area contributed by atoms with Gasteiger partial charge in [0.1, 0.15) is 11.0 Å². The average molecular weight is 557 g/mol. The van der Waals surface area contributed by atoms with Crippen molar-refractivity contribution in [2.75, 3.05) is 10.6 Å². The molecule has 0 aliphatic carbocycles. The first-order valence-electron chi connectivity index (χ1n) is 9.69. The second kappa shape index (κ2) is 11.1. The van der Waals surface area contributed by atoms with E-state index in [2.05, 4.69) is 42.1 Å². The van der Waals surface area contributed by atoms with Gasteiger partial charge in [0.2, 0.25) is 11.0 Å². The summed E-state index contributed by atoms with van der Waals surface area (Å²) in [6.07, 6.45) is 0.680. The van der Waals surface area contributed by atoms with Crippen LogP contribution in [-0.2, 0) is 4.79 Å². The van der Waals surface area contributed by atoms with E-state index in [1.807, 2.05) is 38.1 Å². The highest BCUT2D eigenvalue weighted by Crippen LogP contribution is 2.29. The van der Waals surface area contributed by atoms with Crippen LogP contribution in [0.1, 0.15) is 20.3 Å². The molecule has 32 heavy (non-hydrogen) atoms. The first kappa shape index (κ1) is 24.4. The summed E-state index contributed by atoms with van der Waals surface area (Å²) >= 11 is 16.7. The van der Waals surface area contributed by atoms with Gasteiger partial charge in [-0.1, -0.05) is 82.9 Å². The third-order valence-electron chi connectivity index (χ3n) is 4.69. The number of halogens is 3. The number of anilines is 2. The molecule has 0 aliphatic rings. The van der Waals surface area contributed by atoms with Crippen LogP contribution in [-0.4, -0.2) is 28.2 Å². The zero-order valence-electron chi connectivity index (χ0n) is 17.2. The van der Waals surface area contributed by atoms with Crippen LogP contribution in [0.4, 0.5) is 15.6 Å². The smallest absolute Gasteiger partial charge is 0.319 e. The average Bonchev–Trinajstić information content (AvgIpc) is 3.22. The Balaban J connectivity index is 1.69. The van der Waals surface area contributed by atoms with Gasteiger partial charge < -0.3 is 10.6 Å². The Bertz CT molecular complexity index is 1130. The van der Waals surface area contributed by atoms with Crippen LogP contribution in [0, 0.1) is 5.92 Å². The van der Waals surface area contributed by atoms with Crippen molar-refractivity contribution in [2.24, 2.45) is 5.92 Å². The maximum absolute atomic E-state index is 12.9. The molecule has 2 atom stereocenters. The van der Waals surface area contributed by atoms with Crippen LogP contribution in [0.25, 0.3) is 10.6 Å². The summed E-state index contributed by atoms with van der Waals surface area (Å²) in [6, 6.07) is 11.0. The maximum atomic E-state index is 12.9. The topological polar surface area (TPSA) is 96.0 Å². The number of hydrogen-bond donors (Lipinski definition) is 3. The van der Waals surface area contributed by atoms with Crippen molar-refractivity contribution in [3.8, 4) is 10.6 Å². The fraction of sp³-hybridized carbons (Fsp3) is 0.238. The number of amides is 3. The van der Waals surface area contributed by atoms with Gasteiger partial charge in [-0.25, -0.2) is 4.79 Å². The van der Waals surface area contributed by atoms with Crippen molar-refractivity contribution in [1.82, 2.24) is 15.5 Å². The van der Waals surface area contributed by atoms with Crippen LogP contribution < -0.4 is 16.0 Å². The largest absolute Gasteiger partial charge is 0.326 e. The molecule has 0 bridgehead atoms. The SMILES string of the molecule is CCC(C)C(NC(=O)Nc1ccc(Cl)cc1Cl)C(=O)Nc1nnc(-c2cccc(Br)c2)s1. The lowest BCUT2D eigenvalue weighted by Gasteiger charge is -2.23. The molecule has 168 valence electrons. The highest BCUT2D eigenvalue weighted by atomic mass is 79.9. The molecule has 0 saturated heterocycles. The van der Waals surface area contributed by atoms with Crippen LogP contribution in [0.3, 0.4) is 0 Å². The number of carbonyl (C=O) groups excluding carboxylic acids is 2. The molecule has 3 amide bonds. The number of hydrogen-bond acceptors (Lipinski definition) is 5. The van der Waals surface area contributed by atoms with Gasteiger partial charge in [0.15, 0.2) is 0 Å². The van der Waals surface area contributed by atoms with Crippen molar-refractivity contribution in [2.45, 2.75) is 26.3 Å². The Morgan fingerprint density at radius 3 is 2.59 bits per heavy atom. The summed E-state index contributed by atoms with van der Waals surface area (Å²) in [5, 5.41) is 18.1. The number of aromatic nitrogens is 2. The van der Waals surface area contributed by atoms with Crippen molar-refractivity contribution in [1.29, 1.82) is 0 Å². The molecule has 7 nitrogen and oxygen atoms in total. The Labute approximate surface area is 208 Å². The van der Waals surface area contributed by atoms with Crippen molar-refractivity contribution in [3.05, 3.63) is 57.0 Å². The summed E-state index contributed by atoms with van der Waals surface area (Å²) < 4.78 is 0.920. The summed E-state index contributed by atoms with van der Waals surface area (Å²) in [7, 11) is 0. The van der Waals surface area contributed by atoms with E-state index in [9.17, 15) is 9.59 Å². The van der Waals surface area contributed by atoms with Gasteiger partial charge in [0, 0.05) is 15.1 Å². The number of nitrogens with one attached hydrogen (secondary N) is 3. The lowest BCUT2D eigenvalue weighted by molar-refractivity contribution is -0.119. The zero-order chi connectivity index (χ0) is 23.3. The fourth-order valence-electron chi connectivity index (χ4n) is 2.79. The molecule has 0 spiro atoms. The van der Waals surface area contributed by atoms with E-state index in [1.54, 1.807) is 12.1 Å². The van der Waals surface area contributed by atoms with Gasteiger partial charge in [0.05, 0.1) is 10.7 Å². The monoisotopic (exact) mass is 555 g/mol. The third-order valence-corrected chi connectivity index (χ3v) is 6.62. The molecule has 0 radical (unpaired) electrons. The van der Waals surface area contributed by atoms with Crippen LogP contribution in [0.15, 0.2) is 46.9 Å². The van der Waals surface area contributed by atoms with Crippen LogP contribution in [0.2, 0.25) is 10.0 Å². The number of nitrogens with zero attached hydrogens (tertiary/aromatic N) is 2. The molecule has 1 aromatic heterocycles. The third kappa shape index (κ3) is 6.41. The summed E-state index contributed by atoms with van der Waals surface area (Å²) in [5.74, 6) is -0.507. The van der Waals surface area contributed by atoms with E-state index in [0.717, 1.165) is 10.0 Å². The molecule has 3 rings (SSSR count). The second-order valence-electron chi connectivity index (χ2n) is 7.00. The second-order valence-corrected chi connectivity index (χ2v) is 9.73. The number of carbonyl (C=O) groups is 2. The van der Waals surface area contributed by atoms with Crippen molar-refractivity contribution < 1.29 is 9.59 Å². The van der Waals surface area contributed by atoms with E-state index in [-0.39, 0.29) is 11.8 Å². The molecule has 11 heteroatoms. The standard InChI is InChI=1S/C21H20BrCl2N5O2S/c1-3-11(2)17(26-20(31)25-16-8-7-14(23)10-15(16)24)18(30)27-21-29-28-19(32-21)12-5-4-6-13(22)9-12/h4-11,17H,3H2,1-2H3,(H2,25,26,31)(H,27,29,30). The first-order valence-corrected chi connectivity index (χ1v) is 12.1. The van der Waals surface area contributed by atoms with Crippen molar-refractivity contribution >= 4 is 73.2 Å². The minimum Gasteiger partial charge on any atom is -0.326 e. The molecule has 2 unspecified atom stereocenters.